The van der Waals surface area contributed by atoms with Crippen molar-refractivity contribution in [3.8, 4) is 0 Å². The van der Waals surface area contributed by atoms with Crippen molar-refractivity contribution in [1.29, 1.82) is 0 Å². The monoisotopic (exact) mass is 520 g/mol. The molecule has 10 heteroatoms. The van der Waals surface area contributed by atoms with E-state index in [4.69, 9.17) is 32.7 Å². The van der Waals surface area contributed by atoms with Crippen LogP contribution in [0.2, 0.25) is 10.0 Å². The van der Waals surface area contributed by atoms with E-state index in [1.165, 1.54) is 17.0 Å². The van der Waals surface area contributed by atoms with E-state index in [1.54, 1.807) is 30.3 Å². The van der Waals surface area contributed by atoms with Crippen LogP contribution in [0.3, 0.4) is 0 Å². The minimum Gasteiger partial charge on any atom is -0.462 e. The lowest BCUT2D eigenvalue weighted by Gasteiger charge is -2.17. The van der Waals surface area contributed by atoms with Gasteiger partial charge in [-0.25, -0.2) is 4.79 Å². The minimum atomic E-state index is -0.705. The highest BCUT2D eigenvalue weighted by Gasteiger charge is 2.36. The van der Waals surface area contributed by atoms with Crippen molar-refractivity contribution < 1.29 is 28.7 Å². The zero-order valence-corrected chi connectivity index (χ0v) is 20.7. The van der Waals surface area contributed by atoms with Gasteiger partial charge in [-0.2, -0.15) is 0 Å². The first-order chi connectivity index (χ1) is 16.8. The highest BCUT2D eigenvalue weighted by atomic mass is 35.5. The standard InChI is InChI=1S/C25H26Cl2N2O6/c1-2-3-4-11-34-24(32)16-5-8-19(9-6-16)29-14-17(12-23(29)31)25(33)35-15-22(30)28-18-7-10-20(26)21(27)13-18/h5-10,13,17H,2-4,11-12,14-15H2,1H3,(H,28,30)/t17-/m1/s1. The van der Waals surface area contributed by atoms with Crippen LogP contribution in [0, 0.1) is 5.92 Å². The highest BCUT2D eigenvalue weighted by Crippen LogP contribution is 2.27. The second kappa shape index (κ2) is 12.6. The summed E-state index contributed by atoms with van der Waals surface area (Å²) in [6.07, 6.45) is 2.82. The third kappa shape index (κ3) is 7.44. The van der Waals surface area contributed by atoms with Gasteiger partial charge in [0.15, 0.2) is 6.61 Å². The van der Waals surface area contributed by atoms with Crippen molar-refractivity contribution in [3.05, 3.63) is 58.1 Å². The molecule has 3 rings (SSSR count). The molecule has 0 saturated carbocycles. The number of esters is 2. The van der Waals surface area contributed by atoms with Crippen LogP contribution in [0.25, 0.3) is 0 Å². The Balaban J connectivity index is 1.48. The minimum absolute atomic E-state index is 0.0333. The van der Waals surface area contributed by atoms with Crippen LogP contribution in [0.5, 0.6) is 0 Å². The summed E-state index contributed by atoms with van der Waals surface area (Å²) in [7, 11) is 0. The van der Waals surface area contributed by atoms with Gasteiger partial charge < -0.3 is 19.7 Å². The number of ether oxygens (including phenoxy) is 2. The summed E-state index contributed by atoms with van der Waals surface area (Å²) < 4.78 is 10.3. The molecule has 186 valence electrons. The van der Waals surface area contributed by atoms with Crippen molar-refractivity contribution >= 4 is 58.3 Å². The zero-order chi connectivity index (χ0) is 25.4. The summed E-state index contributed by atoms with van der Waals surface area (Å²) >= 11 is 11.8. The number of rotatable bonds is 10. The summed E-state index contributed by atoms with van der Waals surface area (Å²) in [5.74, 6) is -2.56. The number of amides is 2. The molecule has 1 fully saturated rings. The van der Waals surface area contributed by atoms with Gasteiger partial charge in [-0.05, 0) is 48.9 Å². The Morgan fingerprint density at radius 1 is 1.03 bits per heavy atom. The van der Waals surface area contributed by atoms with Gasteiger partial charge in [0.25, 0.3) is 5.91 Å². The normalized spacial score (nSPS) is 15.1. The molecule has 2 aromatic carbocycles. The van der Waals surface area contributed by atoms with Gasteiger partial charge in [0.05, 0.1) is 28.1 Å². The second-order valence-corrected chi connectivity index (χ2v) is 8.89. The molecule has 1 aliphatic rings. The van der Waals surface area contributed by atoms with Gasteiger partial charge >= 0.3 is 11.9 Å². The SMILES string of the molecule is CCCCCOC(=O)c1ccc(N2C[C@H](C(=O)OCC(=O)Nc3ccc(Cl)c(Cl)c3)CC2=O)cc1. The number of nitrogens with zero attached hydrogens (tertiary/aromatic N) is 1. The average molecular weight is 521 g/mol. The average Bonchev–Trinajstić information content (AvgIpc) is 3.24. The summed E-state index contributed by atoms with van der Waals surface area (Å²) in [6, 6.07) is 11.0. The number of unbranched alkanes of at least 4 members (excludes halogenated alkanes) is 2. The molecule has 1 atom stereocenters. The first-order valence-corrected chi connectivity index (χ1v) is 12.0. The van der Waals surface area contributed by atoms with Crippen LogP contribution >= 0.6 is 23.2 Å². The molecule has 0 bridgehead atoms. The summed E-state index contributed by atoms with van der Waals surface area (Å²) in [5, 5.41) is 3.19. The van der Waals surface area contributed by atoms with E-state index in [0.29, 0.717) is 28.6 Å². The molecule has 0 aliphatic carbocycles. The highest BCUT2D eigenvalue weighted by molar-refractivity contribution is 6.42. The summed E-state index contributed by atoms with van der Waals surface area (Å²) in [6.45, 7) is 2.06. The summed E-state index contributed by atoms with van der Waals surface area (Å²) in [4.78, 5) is 50.6. The Labute approximate surface area is 213 Å². The number of halogens is 2. The number of hydrogen-bond donors (Lipinski definition) is 1. The molecular weight excluding hydrogens is 495 g/mol. The van der Waals surface area contributed by atoms with E-state index in [1.807, 2.05) is 0 Å². The topological polar surface area (TPSA) is 102 Å². The molecule has 8 nitrogen and oxygen atoms in total. The molecule has 0 spiro atoms. The Morgan fingerprint density at radius 3 is 2.46 bits per heavy atom. The number of hydrogen-bond acceptors (Lipinski definition) is 6. The van der Waals surface area contributed by atoms with Gasteiger partial charge in [0.2, 0.25) is 5.91 Å². The van der Waals surface area contributed by atoms with E-state index in [2.05, 4.69) is 12.2 Å². The third-order valence-corrected chi connectivity index (χ3v) is 6.14. The molecular formula is C25H26Cl2N2O6. The maximum absolute atomic E-state index is 12.5. The predicted molar refractivity (Wildman–Crippen MR) is 133 cm³/mol. The third-order valence-electron chi connectivity index (χ3n) is 5.40. The smallest absolute Gasteiger partial charge is 0.338 e. The van der Waals surface area contributed by atoms with Gasteiger partial charge in [-0.3, -0.25) is 14.4 Å². The molecule has 2 aromatic rings. The molecule has 1 saturated heterocycles. The molecule has 0 radical (unpaired) electrons. The van der Waals surface area contributed by atoms with Crippen LogP contribution < -0.4 is 10.2 Å². The molecule has 0 unspecified atom stereocenters. The van der Waals surface area contributed by atoms with Gasteiger partial charge in [-0.1, -0.05) is 43.0 Å². The van der Waals surface area contributed by atoms with Crippen LogP contribution in [0.1, 0.15) is 43.0 Å². The van der Waals surface area contributed by atoms with E-state index in [0.717, 1.165) is 19.3 Å². The lowest BCUT2D eigenvalue weighted by Crippen LogP contribution is -2.28. The fourth-order valence-electron chi connectivity index (χ4n) is 3.52. The molecule has 35 heavy (non-hydrogen) atoms. The van der Waals surface area contributed by atoms with Crippen LogP contribution in [-0.4, -0.2) is 43.5 Å². The largest absolute Gasteiger partial charge is 0.462 e. The molecule has 2 amide bonds. The Morgan fingerprint density at radius 2 is 1.77 bits per heavy atom. The van der Waals surface area contributed by atoms with Crippen molar-refractivity contribution in [2.45, 2.75) is 32.6 Å². The van der Waals surface area contributed by atoms with E-state index in [9.17, 15) is 19.2 Å². The fourth-order valence-corrected chi connectivity index (χ4v) is 3.82. The number of benzene rings is 2. The number of nitrogens with one attached hydrogen (secondary N) is 1. The second-order valence-electron chi connectivity index (χ2n) is 8.08. The van der Waals surface area contributed by atoms with Crippen molar-refractivity contribution in [2.24, 2.45) is 5.92 Å². The molecule has 1 aliphatic heterocycles. The number of carbonyl (C=O) groups excluding carboxylic acids is 4. The van der Waals surface area contributed by atoms with E-state index in [-0.39, 0.29) is 23.9 Å². The van der Waals surface area contributed by atoms with Crippen LogP contribution in [0.15, 0.2) is 42.5 Å². The maximum Gasteiger partial charge on any atom is 0.338 e. The number of carbonyl (C=O) groups is 4. The lowest BCUT2D eigenvalue weighted by molar-refractivity contribution is -0.151. The lowest BCUT2D eigenvalue weighted by atomic mass is 10.1. The van der Waals surface area contributed by atoms with Gasteiger partial charge in [0, 0.05) is 24.3 Å². The quantitative estimate of drug-likeness (QED) is 0.354. The van der Waals surface area contributed by atoms with Crippen molar-refractivity contribution in [3.63, 3.8) is 0 Å². The van der Waals surface area contributed by atoms with Crippen molar-refractivity contribution in [1.82, 2.24) is 0 Å². The van der Waals surface area contributed by atoms with Gasteiger partial charge in [-0.15, -0.1) is 0 Å². The van der Waals surface area contributed by atoms with E-state index < -0.39 is 30.4 Å². The van der Waals surface area contributed by atoms with Gasteiger partial charge in [0.1, 0.15) is 0 Å². The molecule has 0 aromatic heterocycles. The zero-order valence-electron chi connectivity index (χ0n) is 19.2. The molecule has 1 heterocycles. The van der Waals surface area contributed by atoms with Crippen LogP contribution in [0.4, 0.5) is 11.4 Å². The van der Waals surface area contributed by atoms with Crippen LogP contribution in [-0.2, 0) is 23.9 Å². The number of anilines is 2. The first kappa shape index (κ1) is 26.5. The molecule has 1 N–H and O–H groups in total. The van der Waals surface area contributed by atoms with E-state index >= 15 is 0 Å². The summed E-state index contributed by atoms with van der Waals surface area (Å²) in [5.41, 5.74) is 1.36. The Hall–Kier alpha value is -3.10. The maximum atomic E-state index is 12.5. The Kier molecular flexibility index (Phi) is 9.51. The first-order valence-electron chi connectivity index (χ1n) is 11.3. The Bertz CT molecular complexity index is 1090. The van der Waals surface area contributed by atoms with Crippen molar-refractivity contribution in [2.75, 3.05) is 30.0 Å². The fraction of sp³-hybridized carbons (Fsp3) is 0.360. The predicted octanol–water partition coefficient (Wildman–Crippen LogP) is 4.88.